The molecule has 2 saturated heterocycles. The molecule has 6 heteroatoms. The van der Waals surface area contributed by atoms with E-state index in [0.717, 1.165) is 59.4 Å². The molecular formula is C10H22O4Si2. The van der Waals surface area contributed by atoms with Gasteiger partial charge in [0.2, 0.25) is 0 Å². The second-order valence-electron chi connectivity index (χ2n) is 5.05. The van der Waals surface area contributed by atoms with Crippen LogP contribution >= 0.6 is 0 Å². The molecule has 0 spiro atoms. The molecule has 2 atom stereocenters. The van der Waals surface area contributed by atoms with Crippen LogP contribution in [0.2, 0.25) is 0 Å². The molecule has 0 amide bonds. The van der Waals surface area contributed by atoms with E-state index < -0.39 is 10.8 Å². The van der Waals surface area contributed by atoms with Crippen LogP contribution in [0.1, 0.15) is 38.5 Å². The Labute approximate surface area is 103 Å². The largest absolute Gasteiger partial charge is 0.352 e. The van der Waals surface area contributed by atoms with Crippen LogP contribution in [0.3, 0.4) is 0 Å². The SMILES string of the molecule is [SiH3]C1(OOC2([SiH3])CCCCO2)CCCCO1. The van der Waals surface area contributed by atoms with Gasteiger partial charge < -0.3 is 9.47 Å². The van der Waals surface area contributed by atoms with E-state index in [1.54, 1.807) is 0 Å². The normalized spacial score (nSPS) is 41.2. The van der Waals surface area contributed by atoms with Gasteiger partial charge >= 0.3 is 0 Å². The van der Waals surface area contributed by atoms with Gasteiger partial charge in [0.1, 0.15) is 0 Å². The lowest BCUT2D eigenvalue weighted by atomic mass is 10.2. The Kier molecular flexibility index (Phi) is 4.20. The van der Waals surface area contributed by atoms with Gasteiger partial charge in [-0.1, -0.05) is 0 Å². The summed E-state index contributed by atoms with van der Waals surface area (Å²) < 4.78 is 11.4. The average Bonchev–Trinajstić information content (AvgIpc) is 2.29. The van der Waals surface area contributed by atoms with E-state index in [1.165, 1.54) is 12.8 Å². The predicted octanol–water partition coefficient (Wildman–Crippen LogP) is -0.626. The van der Waals surface area contributed by atoms with E-state index in [1.807, 2.05) is 0 Å². The highest BCUT2D eigenvalue weighted by atomic mass is 28.2. The van der Waals surface area contributed by atoms with Gasteiger partial charge in [-0.2, -0.15) is 0 Å². The summed E-state index contributed by atoms with van der Waals surface area (Å²) in [6.45, 7) is 1.59. The fourth-order valence-electron chi connectivity index (χ4n) is 2.12. The zero-order valence-corrected chi connectivity index (χ0v) is 14.3. The maximum Gasteiger partial charge on any atom is 0.174 e. The van der Waals surface area contributed by atoms with Crippen LogP contribution in [-0.2, 0) is 19.2 Å². The highest BCUT2D eigenvalue weighted by molar-refractivity contribution is 6.14. The Balaban J connectivity index is 1.80. The zero-order valence-electron chi connectivity index (χ0n) is 10.3. The average molecular weight is 262 g/mol. The first kappa shape index (κ1) is 12.7. The summed E-state index contributed by atoms with van der Waals surface area (Å²) in [7, 11) is 1.68. The molecule has 4 nitrogen and oxygen atoms in total. The van der Waals surface area contributed by atoms with Gasteiger partial charge in [0, 0.05) is 13.2 Å². The van der Waals surface area contributed by atoms with Crippen LogP contribution in [0, 0.1) is 0 Å². The van der Waals surface area contributed by atoms with Crippen molar-refractivity contribution < 1.29 is 19.2 Å². The molecule has 0 aromatic carbocycles. The lowest BCUT2D eigenvalue weighted by Crippen LogP contribution is -2.46. The molecule has 0 aliphatic carbocycles. The van der Waals surface area contributed by atoms with Gasteiger partial charge in [0.05, 0.1) is 20.5 Å². The standard InChI is InChI=1S/C10H22O4Si2/c15-9(5-1-3-7-11-9)13-14-10(16)6-2-4-8-12-10/h1-8H2,15-16H3. The monoisotopic (exact) mass is 262 g/mol. The molecule has 2 fully saturated rings. The second kappa shape index (κ2) is 5.28. The Morgan fingerprint density at radius 1 is 0.750 bits per heavy atom. The third-order valence-electron chi connectivity index (χ3n) is 3.26. The summed E-state index contributed by atoms with van der Waals surface area (Å²) >= 11 is 0. The van der Waals surface area contributed by atoms with Crippen molar-refractivity contribution in [3.05, 3.63) is 0 Å². The fourth-order valence-corrected chi connectivity index (χ4v) is 3.41. The molecular weight excluding hydrogens is 240 g/mol. The number of ether oxygens (including phenoxy) is 2. The van der Waals surface area contributed by atoms with Crippen molar-refractivity contribution in [2.75, 3.05) is 13.2 Å². The van der Waals surface area contributed by atoms with Crippen molar-refractivity contribution in [3.8, 4) is 0 Å². The van der Waals surface area contributed by atoms with Crippen molar-refractivity contribution in [1.82, 2.24) is 0 Å². The number of rotatable bonds is 3. The van der Waals surface area contributed by atoms with Gasteiger partial charge in [-0.05, 0) is 38.5 Å². The molecule has 0 N–H and O–H groups in total. The quantitative estimate of drug-likeness (QED) is 0.386. The molecule has 2 heterocycles. The number of hydrogen-bond donors (Lipinski definition) is 0. The van der Waals surface area contributed by atoms with E-state index in [9.17, 15) is 0 Å². The molecule has 94 valence electrons. The van der Waals surface area contributed by atoms with Crippen molar-refractivity contribution in [1.29, 1.82) is 0 Å². The van der Waals surface area contributed by atoms with Crippen LogP contribution in [-0.4, -0.2) is 44.5 Å². The Hall–Kier alpha value is 0.274. The van der Waals surface area contributed by atoms with E-state index in [-0.39, 0.29) is 0 Å². The summed E-state index contributed by atoms with van der Waals surface area (Å²) in [5.41, 5.74) is -0.868. The van der Waals surface area contributed by atoms with Gasteiger partial charge in [0.15, 0.2) is 10.8 Å². The smallest absolute Gasteiger partial charge is 0.174 e. The van der Waals surface area contributed by atoms with Gasteiger partial charge in [-0.25, -0.2) is 9.78 Å². The molecule has 0 saturated carbocycles. The second-order valence-corrected chi connectivity index (χ2v) is 8.09. The highest BCUT2D eigenvalue weighted by Crippen LogP contribution is 2.28. The maximum atomic E-state index is 5.68. The van der Waals surface area contributed by atoms with E-state index in [4.69, 9.17) is 19.2 Å². The fraction of sp³-hybridized carbons (Fsp3) is 1.00. The molecule has 0 radical (unpaired) electrons. The van der Waals surface area contributed by atoms with Crippen LogP contribution in [0.25, 0.3) is 0 Å². The van der Waals surface area contributed by atoms with Crippen molar-refractivity contribution in [2.45, 2.75) is 49.3 Å². The minimum Gasteiger partial charge on any atom is -0.352 e. The maximum absolute atomic E-state index is 5.68. The van der Waals surface area contributed by atoms with Gasteiger partial charge in [0.25, 0.3) is 0 Å². The lowest BCUT2D eigenvalue weighted by Gasteiger charge is -2.38. The van der Waals surface area contributed by atoms with Crippen LogP contribution in [0.4, 0.5) is 0 Å². The molecule has 2 aliphatic heterocycles. The van der Waals surface area contributed by atoms with Crippen molar-refractivity contribution in [2.24, 2.45) is 0 Å². The Bertz CT molecular complexity index is 201. The highest BCUT2D eigenvalue weighted by Gasteiger charge is 2.36. The minimum atomic E-state index is -0.434. The summed E-state index contributed by atoms with van der Waals surface area (Å²) in [5.74, 6) is 0. The summed E-state index contributed by atoms with van der Waals surface area (Å²) in [6.07, 6.45) is 6.52. The molecule has 2 unspecified atom stereocenters. The summed E-state index contributed by atoms with van der Waals surface area (Å²) in [6, 6.07) is 0. The molecule has 0 bridgehead atoms. The van der Waals surface area contributed by atoms with Gasteiger partial charge in [-0.3, -0.25) is 0 Å². The van der Waals surface area contributed by atoms with Crippen LogP contribution < -0.4 is 0 Å². The zero-order chi connectivity index (χ0) is 11.5. The lowest BCUT2D eigenvalue weighted by molar-refractivity contribution is -0.471. The summed E-state index contributed by atoms with van der Waals surface area (Å²) in [5, 5.41) is 0. The first-order valence-corrected chi connectivity index (χ1v) is 8.27. The van der Waals surface area contributed by atoms with E-state index in [0.29, 0.717) is 0 Å². The number of hydrogen-bond acceptors (Lipinski definition) is 4. The third-order valence-corrected chi connectivity index (χ3v) is 5.17. The van der Waals surface area contributed by atoms with Gasteiger partial charge in [-0.15, -0.1) is 0 Å². The molecule has 0 aromatic rings. The van der Waals surface area contributed by atoms with Crippen LogP contribution in [0.5, 0.6) is 0 Å². The van der Waals surface area contributed by atoms with Crippen molar-refractivity contribution >= 4 is 20.5 Å². The molecule has 2 rings (SSSR count). The predicted molar refractivity (Wildman–Crippen MR) is 67.1 cm³/mol. The van der Waals surface area contributed by atoms with Crippen molar-refractivity contribution in [3.63, 3.8) is 0 Å². The summed E-state index contributed by atoms with van der Waals surface area (Å²) in [4.78, 5) is 11.1. The Morgan fingerprint density at radius 3 is 1.50 bits per heavy atom. The Morgan fingerprint density at radius 2 is 1.19 bits per heavy atom. The van der Waals surface area contributed by atoms with Crippen LogP contribution in [0.15, 0.2) is 0 Å². The van der Waals surface area contributed by atoms with E-state index >= 15 is 0 Å². The molecule has 16 heavy (non-hydrogen) atoms. The first-order valence-electron chi connectivity index (χ1n) is 6.27. The topological polar surface area (TPSA) is 36.9 Å². The minimum absolute atomic E-state index is 0.434. The molecule has 0 aromatic heterocycles. The first-order chi connectivity index (χ1) is 7.62. The van der Waals surface area contributed by atoms with E-state index in [2.05, 4.69) is 0 Å². The third kappa shape index (κ3) is 3.38. The molecule has 2 aliphatic rings.